The van der Waals surface area contributed by atoms with Crippen molar-refractivity contribution in [3.8, 4) is 0 Å². The van der Waals surface area contributed by atoms with E-state index >= 15 is 0 Å². The Bertz CT molecular complexity index is 782. The van der Waals surface area contributed by atoms with Gasteiger partial charge in [-0.15, -0.1) is 0 Å². The highest BCUT2D eigenvalue weighted by atomic mass is 16.6. The zero-order valence-corrected chi connectivity index (χ0v) is 18.6. The van der Waals surface area contributed by atoms with Gasteiger partial charge in [0.15, 0.2) is 0 Å². The standard InChI is InChI=1S/C24H35NO5/c1-13(2)10-18-22-16(5)15(4)12-17-11-14(3)6-7-19(26)20(27)8-9-21(28)30-24(17,22)23(29)25-18/h8-9,11-13,16-20,22,26-27H,6-7,10H2,1-5H3,(H,25,29)/b9-8+,14-11-/t16-,17+,18+,19+,20-,22-,24-/m1/s1. The Labute approximate surface area is 179 Å². The Morgan fingerprint density at radius 2 is 1.93 bits per heavy atom. The minimum Gasteiger partial charge on any atom is -0.444 e. The van der Waals surface area contributed by atoms with Gasteiger partial charge >= 0.3 is 5.97 Å². The number of amides is 1. The summed E-state index contributed by atoms with van der Waals surface area (Å²) in [5, 5.41) is 23.4. The molecule has 1 aliphatic carbocycles. The highest BCUT2D eigenvalue weighted by Gasteiger charge is 2.64. The molecular formula is C24H35NO5. The maximum atomic E-state index is 13.4. The summed E-state index contributed by atoms with van der Waals surface area (Å²) in [7, 11) is 0. The molecule has 30 heavy (non-hydrogen) atoms. The van der Waals surface area contributed by atoms with Gasteiger partial charge in [0.2, 0.25) is 5.60 Å². The Kier molecular flexibility index (Phi) is 6.58. The van der Waals surface area contributed by atoms with Crippen LogP contribution in [0.2, 0.25) is 0 Å². The van der Waals surface area contributed by atoms with Crippen molar-refractivity contribution in [2.24, 2.45) is 23.7 Å². The first-order valence-electron chi connectivity index (χ1n) is 11.0. The van der Waals surface area contributed by atoms with Crippen molar-refractivity contribution >= 4 is 11.9 Å². The Morgan fingerprint density at radius 1 is 1.23 bits per heavy atom. The zero-order valence-electron chi connectivity index (χ0n) is 18.6. The number of esters is 1. The smallest absolute Gasteiger partial charge is 0.331 e. The van der Waals surface area contributed by atoms with E-state index in [1.54, 1.807) is 0 Å². The molecule has 1 spiro atoms. The molecule has 1 fully saturated rings. The lowest BCUT2D eigenvalue weighted by atomic mass is 9.63. The molecular weight excluding hydrogens is 382 g/mol. The van der Waals surface area contributed by atoms with E-state index < -0.39 is 23.8 Å². The molecule has 0 unspecified atom stereocenters. The van der Waals surface area contributed by atoms with Crippen molar-refractivity contribution in [1.82, 2.24) is 5.32 Å². The monoisotopic (exact) mass is 417 g/mol. The van der Waals surface area contributed by atoms with Gasteiger partial charge in [0.25, 0.3) is 5.91 Å². The molecule has 2 aliphatic heterocycles. The Hall–Kier alpha value is -1.92. The van der Waals surface area contributed by atoms with Gasteiger partial charge in [-0.25, -0.2) is 4.79 Å². The van der Waals surface area contributed by atoms with Crippen LogP contribution in [0.15, 0.2) is 35.5 Å². The van der Waals surface area contributed by atoms with Crippen LogP contribution >= 0.6 is 0 Å². The van der Waals surface area contributed by atoms with Crippen molar-refractivity contribution in [2.45, 2.75) is 77.7 Å². The number of rotatable bonds is 2. The predicted octanol–water partition coefficient (Wildman–Crippen LogP) is 2.66. The van der Waals surface area contributed by atoms with Gasteiger partial charge in [0.05, 0.1) is 12.2 Å². The van der Waals surface area contributed by atoms with Crippen molar-refractivity contribution < 1.29 is 24.5 Å². The van der Waals surface area contributed by atoms with Crippen LogP contribution in [0.4, 0.5) is 0 Å². The topological polar surface area (TPSA) is 95.9 Å². The molecule has 1 saturated heterocycles. The predicted molar refractivity (Wildman–Crippen MR) is 114 cm³/mol. The molecule has 6 heteroatoms. The Balaban J connectivity index is 2.13. The van der Waals surface area contributed by atoms with Crippen molar-refractivity contribution in [2.75, 3.05) is 0 Å². The largest absolute Gasteiger partial charge is 0.444 e. The summed E-state index contributed by atoms with van der Waals surface area (Å²) in [6.07, 6.45) is 6.06. The molecule has 3 N–H and O–H groups in total. The van der Waals surface area contributed by atoms with Crippen LogP contribution in [0.25, 0.3) is 0 Å². The number of nitrogens with one attached hydrogen (secondary N) is 1. The fourth-order valence-corrected chi connectivity index (χ4v) is 5.27. The fourth-order valence-electron chi connectivity index (χ4n) is 5.27. The minimum atomic E-state index is -1.32. The molecule has 3 rings (SSSR count). The third-order valence-corrected chi connectivity index (χ3v) is 6.91. The lowest BCUT2D eigenvalue weighted by Gasteiger charge is -2.45. The van der Waals surface area contributed by atoms with Crippen LogP contribution in [-0.4, -0.2) is 45.9 Å². The SMILES string of the molecule is CC1=C[C@@H]2/C=C(/C)CC[C@H](O)[C@H](O)/C=C/C(=O)O[C@]23C(=O)N[C@@H](CC(C)C)[C@H]3[C@@H]1C. The summed E-state index contributed by atoms with van der Waals surface area (Å²) in [5.74, 6) is -1.02. The van der Waals surface area contributed by atoms with E-state index in [0.29, 0.717) is 18.8 Å². The molecule has 0 radical (unpaired) electrons. The first-order chi connectivity index (χ1) is 14.1. The average Bonchev–Trinajstić information content (AvgIpc) is 2.93. The van der Waals surface area contributed by atoms with E-state index in [4.69, 9.17) is 4.74 Å². The number of carbonyl (C=O) groups excluding carboxylic acids is 2. The molecule has 7 atom stereocenters. The van der Waals surface area contributed by atoms with Gasteiger partial charge < -0.3 is 20.3 Å². The van der Waals surface area contributed by atoms with E-state index in [1.165, 1.54) is 11.6 Å². The zero-order chi connectivity index (χ0) is 22.2. The number of aliphatic hydroxyl groups excluding tert-OH is 2. The van der Waals surface area contributed by atoms with E-state index in [-0.39, 0.29) is 29.7 Å². The van der Waals surface area contributed by atoms with Crippen molar-refractivity contribution in [3.63, 3.8) is 0 Å². The molecule has 0 aromatic rings. The number of aliphatic hydroxyl groups is 2. The summed E-state index contributed by atoms with van der Waals surface area (Å²) < 4.78 is 5.99. The molecule has 3 aliphatic rings. The summed E-state index contributed by atoms with van der Waals surface area (Å²) >= 11 is 0. The second-order valence-corrected chi connectivity index (χ2v) is 9.64. The molecule has 6 nitrogen and oxygen atoms in total. The normalized spacial score (nSPS) is 42.5. The second kappa shape index (κ2) is 8.67. The lowest BCUT2D eigenvalue weighted by Crippen LogP contribution is -2.56. The highest BCUT2D eigenvalue weighted by molar-refractivity contribution is 5.94. The summed E-state index contributed by atoms with van der Waals surface area (Å²) in [5.41, 5.74) is 0.858. The first-order valence-corrected chi connectivity index (χ1v) is 11.0. The van der Waals surface area contributed by atoms with Gasteiger partial charge in [0.1, 0.15) is 0 Å². The van der Waals surface area contributed by atoms with Crippen molar-refractivity contribution in [3.05, 3.63) is 35.5 Å². The van der Waals surface area contributed by atoms with Gasteiger partial charge in [-0.2, -0.15) is 0 Å². The average molecular weight is 418 g/mol. The molecule has 166 valence electrons. The van der Waals surface area contributed by atoms with Crippen LogP contribution in [0.3, 0.4) is 0 Å². The molecule has 0 aromatic heterocycles. The number of allylic oxidation sites excluding steroid dienone is 2. The van der Waals surface area contributed by atoms with Gasteiger partial charge in [-0.05, 0) is 51.0 Å². The summed E-state index contributed by atoms with van der Waals surface area (Å²) in [6, 6.07) is -0.0792. The van der Waals surface area contributed by atoms with Gasteiger partial charge in [-0.3, -0.25) is 4.79 Å². The first kappa shape index (κ1) is 22.8. The van der Waals surface area contributed by atoms with Crippen LogP contribution in [0.5, 0.6) is 0 Å². The molecule has 0 aromatic carbocycles. The quantitative estimate of drug-likeness (QED) is 0.474. The number of carbonyl (C=O) groups is 2. The van der Waals surface area contributed by atoms with Crippen LogP contribution in [-0.2, 0) is 14.3 Å². The van der Waals surface area contributed by atoms with Crippen LogP contribution in [0, 0.1) is 23.7 Å². The van der Waals surface area contributed by atoms with E-state index in [0.717, 1.165) is 18.1 Å². The fraction of sp³-hybridized carbons (Fsp3) is 0.667. The van der Waals surface area contributed by atoms with E-state index in [1.807, 2.05) is 13.0 Å². The van der Waals surface area contributed by atoms with Crippen LogP contribution < -0.4 is 5.32 Å². The number of ether oxygens (including phenoxy) is 1. The second-order valence-electron chi connectivity index (χ2n) is 9.64. The minimum absolute atomic E-state index is 0.0785. The lowest BCUT2D eigenvalue weighted by molar-refractivity contribution is -0.172. The molecule has 0 bridgehead atoms. The third kappa shape index (κ3) is 4.12. The summed E-state index contributed by atoms with van der Waals surface area (Å²) in [6.45, 7) is 10.4. The van der Waals surface area contributed by atoms with Crippen molar-refractivity contribution in [1.29, 1.82) is 0 Å². The highest BCUT2D eigenvalue weighted by Crippen LogP contribution is 2.50. The molecule has 1 amide bonds. The summed E-state index contributed by atoms with van der Waals surface area (Å²) in [4.78, 5) is 26.2. The number of hydrogen-bond donors (Lipinski definition) is 3. The third-order valence-electron chi connectivity index (χ3n) is 6.91. The maximum Gasteiger partial charge on any atom is 0.331 e. The van der Waals surface area contributed by atoms with Crippen LogP contribution in [0.1, 0.15) is 53.9 Å². The molecule has 2 heterocycles. The van der Waals surface area contributed by atoms with E-state index in [9.17, 15) is 19.8 Å². The maximum absolute atomic E-state index is 13.4. The van der Waals surface area contributed by atoms with Gasteiger partial charge in [0, 0.05) is 24.0 Å². The molecule has 0 saturated carbocycles. The van der Waals surface area contributed by atoms with Gasteiger partial charge in [-0.1, -0.05) is 44.1 Å². The Morgan fingerprint density at radius 3 is 2.60 bits per heavy atom. The van der Waals surface area contributed by atoms with E-state index in [2.05, 4.69) is 39.1 Å². The number of hydrogen-bond acceptors (Lipinski definition) is 5.